The van der Waals surface area contributed by atoms with Crippen LogP contribution >= 0.6 is 0 Å². The van der Waals surface area contributed by atoms with Gasteiger partial charge in [-0.15, -0.1) is 0 Å². The molecule has 29 heavy (non-hydrogen) atoms. The maximum Gasteiger partial charge on any atom is 0.271 e. The third-order valence-electron chi connectivity index (χ3n) is 4.07. The van der Waals surface area contributed by atoms with Gasteiger partial charge in [-0.2, -0.15) is 0 Å². The number of sulfonamides is 1. The largest absolute Gasteiger partial charge is 0.497 e. The number of non-ortho nitro benzene ring substituents is 1. The molecule has 0 aliphatic rings. The molecule has 0 aliphatic heterocycles. The maximum atomic E-state index is 12.8. The molecule has 0 aromatic heterocycles. The van der Waals surface area contributed by atoms with E-state index in [0.717, 1.165) is 16.6 Å². The molecule has 156 valence electrons. The first-order valence-corrected chi connectivity index (χ1v) is 10.2. The van der Waals surface area contributed by atoms with Crippen LogP contribution in [0.4, 0.5) is 17.1 Å². The van der Waals surface area contributed by atoms with E-state index in [0.29, 0.717) is 5.75 Å². The van der Waals surface area contributed by atoms with Crippen molar-refractivity contribution in [2.45, 2.75) is 13.0 Å². The van der Waals surface area contributed by atoms with Crippen molar-refractivity contribution < 1.29 is 27.6 Å². The quantitative estimate of drug-likeness (QED) is 0.510. The minimum absolute atomic E-state index is 0.0572. The molecule has 0 aliphatic carbocycles. The number of nitro groups is 1. The lowest BCUT2D eigenvalue weighted by atomic mass is 10.2. The number of nitro benzene ring substituents is 1. The molecule has 0 unspecified atom stereocenters. The fraction of sp³-hybridized carbons (Fsp3) is 0.278. The molecular formula is C18H21N3O7S. The number of hydrogen-bond acceptors (Lipinski definition) is 7. The summed E-state index contributed by atoms with van der Waals surface area (Å²) >= 11 is 0. The fourth-order valence-corrected chi connectivity index (χ4v) is 3.86. The summed E-state index contributed by atoms with van der Waals surface area (Å²) in [6.45, 7) is 1.41. The first-order chi connectivity index (χ1) is 13.6. The Balaban J connectivity index is 2.37. The van der Waals surface area contributed by atoms with E-state index in [1.165, 1.54) is 45.4 Å². The van der Waals surface area contributed by atoms with E-state index in [9.17, 15) is 23.3 Å². The van der Waals surface area contributed by atoms with Crippen molar-refractivity contribution in [1.82, 2.24) is 0 Å². The topological polar surface area (TPSA) is 128 Å². The number of nitrogens with one attached hydrogen (secondary N) is 1. The molecule has 0 radical (unpaired) electrons. The van der Waals surface area contributed by atoms with Crippen LogP contribution in [0, 0.1) is 10.1 Å². The predicted octanol–water partition coefficient (Wildman–Crippen LogP) is 2.41. The minimum Gasteiger partial charge on any atom is -0.497 e. The van der Waals surface area contributed by atoms with Crippen molar-refractivity contribution >= 4 is 33.0 Å². The molecule has 2 aromatic carbocycles. The normalized spacial score (nSPS) is 12.0. The molecular weight excluding hydrogens is 402 g/mol. The Hall–Kier alpha value is -3.34. The lowest BCUT2D eigenvalue weighted by Gasteiger charge is -2.28. The molecule has 0 bridgehead atoms. The van der Waals surface area contributed by atoms with Crippen LogP contribution < -0.4 is 19.1 Å². The minimum atomic E-state index is -3.82. The Morgan fingerprint density at radius 2 is 1.76 bits per heavy atom. The summed E-state index contributed by atoms with van der Waals surface area (Å²) in [5.74, 6) is 0.0391. The van der Waals surface area contributed by atoms with Crippen LogP contribution in [0.3, 0.4) is 0 Å². The van der Waals surface area contributed by atoms with Crippen molar-refractivity contribution in [3.8, 4) is 11.5 Å². The summed E-state index contributed by atoms with van der Waals surface area (Å²) < 4.78 is 35.8. The highest BCUT2D eigenvalue weighted by atomic mass is 32.2. The van der Waals surface area contributed by atoms with E-state index in [1.54, 1.807) is 12.1 Å². The van der Waals surface area contributed by atoms with Gasteiger partial charge in [-0.05, 0) is 37.3 Å². The van der Waals surface area contributed by atoms with E-state index < -0.39 is 26.9 Å². The molecule has 11 heteroatoms. The van der Waals surface area contributed by atoms with Crippen LogP contribution in [-0.2, 0) is 14.8 Å². The predicted molar refractivity (Wildman–Crippen MR) is 108 cm³/mol. The number of carbonyl (C=O) groups excluding carboxylic acids is 1. The van der Waals surface area contributed by atoms with E-state index in [4.69, 9.17) is 9.47 Å². The monoisotopic (exact) mass is 423 g/mol. The highest BCUT2D eigenvalue weighted by Crippen LogP contribution is 2.30. The zero-order valence-electron chi connectivity index (χ0n) is 16.3. The SMILES string of the molecule is COc1ccc(N([C@H](C)C(=O)Nc2cc([N+](=O)[O-])ccc2OC)S(C)(=O)=O)cc1. The van der Waals surface area contributed by atoms with Crippen LogP contribution in [0.1, 0.15) is 6.92 Å². The van der Waals surface area contributed by atoms with Crippen LogP contribution in [-0.4, -0.2) is 45.8 Å². The first-order valence-electron chi connectivity index (χ1n) is 8.35. The molecule has 0 spiro atoms. The zero-order valence-corrected chi connectivity index (χ0v) is 17.1. The summed E-state index contributed by atoms with van der Waals surface area (Å²) in [6, 6.07) is 8.73. The highest BCUT2D eigenvalue weighted by molar-refractivity contribution is 7.92. The van der Waals surface area contributed by atoms with Crippen molar-refractivity contribution in [3.63, 3.8) is 0 Å². The van der Waals surface area contributed by atoms with E-state index in [1.807, 2.05) is 0 Å². The van der Waals surface area contributed by atoms with Gasteiger partial charge in [-0.1, -0.05) is 0 Å². The Labute approximate surface area is 168 Å². The lowest BCUT2D eigenvalue weighted by Crippen LogP contribution is -2.45. The molecule has 2 aromatic rings. The number of anilines is 2. The van der Waals surface area contributed by atoms with Gasteiger partial charge in [-0.25, -0.2) is 8.42 Å². The summed E-state index contributed by atoms with van der Waals surface area (Å²) in [7, 11) is -0.994. The fourth-order valence-electron chi connectivity index (χ4n) is 2.68. The van der Waals surface area contributed by atoms with Gasteiger partial charge in [0, 0.05) is 12.1 Å². The number of benzene rings is 2. The van der Waals surface area contributed by atoms with Crippen molar-refractivity contribution in [3.05, 3.63) is 52.6 Å². The van der Waals surface area contributed by atoms with Gasteiger partial charge in [0.15, 0.2) is 0 Å². The average Bonchev–Trinajstić information content (AvgIpc) is 2.67. The van der Waals surface area contributed by atoms with Gasteiger partial charge in [0.05, 0.1) is 36.8 Å². The maximum absolute atomic E-state index is 12.8. The summed E-state index contributed by atoms with van der Waals surface area (Å²) in [6.07, 6.45) is 0.981. The Morgan fingerprint density at radius 3 is 2.24 bits per heavy atom. The molecule has 1 atom stereocenters. The number of carbonyl (C=O) groups is 1. The Kier molecular flexibility index (Phi) is 6.64. The van der Waals surface area contributed by atoms with Gasteiger partial charge in [0.25, 0.3) is 5.69 Å². The molecule has 0 heterocycles. The Bertz CT molecular complexity index is 1010. The standard InChI is InChI=1S/C18H21N3O7S/c1-12(20(29(4,25)26)13-5-8-15(27-2)9-6-13)18(22)19-16-11-14(21(23)24)7-10-17(16)28-3/h5-12H,1-4H3,(H,19,22)/t12-/m1/s1. The zero-order chi connectivity index (χ0) is 21.8. The van der Waals surface area contributed by atoms with Crippen molar-refractivity contribution in [2.24, 2.45) is 0 Å². The third kappa shape index (κ3) is 5.13. The van der Waals surface area contributed by atoms with E-state index in [-0.39, 0.29) is 22.8 Å². The number of rotatable bonds is 8. The summed E-state index contributed by atoms with van der Waals surface area (Å²) in [5.41, 5.74) is 0.0764. The molecule has 0 saturated heterocycles. The van der Waals surface area contributed by atoms with Crippen molar-refractivity contribution in [1.29, 1.82) is 0 Å². The van der Waals surface area contributed by atoms with E-state index in [2.05, 4.69) is 5.32 Å². The number of ether oxygens (including phenoxy) is 2. The van der Waals surface area contributed by atoms with Crippen LogP contribution in [0.2, 0.25) is 0 Å². The highest BCUT2D eigenvalue weighted by Gasteiger charge is 2.30. The van der Waals surface area contributed by atoms with Gasteiger partial charge in [0.1, 0.15) is 17.5 Å². The summed E-state index contributed by atoms with van der Waals surface area (Å²) in [5, 5.41) is 13.5. The second-order valence-corrected chi connectivity index (χ2v) is 7.92. The molecule has 0 fully saturated rings. The number of amides is 1. The second-order valence-electron chi connectivity index (χ2n) is 6.06. The average molecular weight is 423 g/mol. The molecule has 2 rings (SSSR count). The number of methoxy groups -OCH3 is 2. The molecule has 10 nitrogen and oxygen atoms in total. The second kappa shape index (κ2) is 8.78. The van der Waals surface area contributed by atoms with Gasteiger partial charge in [0.2, 0.25) is 15.9 Å². The number of hydrogen-bond donors (Lipinski definition) is 1. The number of nitrogens with zero attached hydrogens (tertiary/aromatic N) is 2. The lowest BCUT2D eigenvalue weighted by molar-refractivity contribution is -0.384. The van der Waals surface area contributed by atoms with Crippen LogP contribution in [0.25, 0.3) is 0 Å². The summed E-state index contributed by atoms with van der Waals surface area (Å²) in [4.78, 5) is 23.2. The van der Waals surface area contributed by atoms with Crippen molar-refractivity contribution in [2.75, 3.05) is 30.1 Å². The van der Waals surface area contributed by atoms with E-state index >= 15 is 0 Å². The molecule has 0 saturated carbocycles. The van der Waals surface area contributed by atoms with Gasteiger partial charge in [-0.3, -0.25) is 19.2 Å². The van der Waals surface area contributed by atoms with Crippen LogP contribution in [0.5, 0.6) is 11.5 Å². The van der Waals surface area contributed by atoms with Crippen LogP contribution in [0.15, 0.2) is 42.5 Å². The Morgan fingerprint density at radius 1 is 1.14 bits per heavy atom. The van der Waals surface area contributed by atoms with Gasteiger partial charge < -0.3 is 14.8 Å². The molecule has 1 amide bonds. The third-order valence-corrected chi connectivity index (χ3v) is 5.31. The van der Waals surface area contributed by atoms with Gasteiger partial charge >= 0.3 is 0 Å². The molecule has 1 N–H and O–H groups in total. The first kappa shape index (κ1) is 22.0. The smallest absolute Gasteiger partial charge is 0.271 e.